The molecule has 0 fully saturated rings. The highest BCUT2D eigenvalue weighted by atomic mass is 16.1. The predicted octanol–water partition coefficient (Wildman–Crippen LogP) is 3.19. The van der Waals surface area contributed by atoms with Gasteiger partial charge in [-0.15, -0.1) is 0 Å². The Morgan fingerprint density at radius 3 is 2.86 bits per heavy atom. The molecule has 1 aliphatic heterocycles. The molecule has 2 N–H and O–H groups in total. The van der Waals surface area contributed by atoms with Crippen LogP contribution in [0.1, 0.15) is 34.5 Å². The number of fused-ring (bicyclic) bond motifs is 1. The van der Waals surface area contributed by atoms with Crippen LogP contribution >= 0.6 is 0 Å². The number of hydrogen-bond acceptors (Lipinski definition) is 3. The highest BCUT2D eigenvalue weighted by Crippen LogP contribution is 2.23. The Kier molecular flexibility index (Phi) is 4.02. The maximum atomic E-state index is 12.3. The molecule has 1 atom stereocenters. The van der Waals surface area contributed by atoms with Crippen molar-refractivity contribution >= 4 is 11.5 Å². The first-order chi connectivity index (χ1) is 10.2. The van der Waals surface area contributed by atoms with Crippen molar-refractivity contribution in [3.63, 3.8) is 0 Å². The van der Waals surface area contributed by atoms with Gasteiger partial charge in [-0.3, -0.25) is 4.79 Å². The van der Waals surface area contributed by atoms with Crippen LogP contribution in [0.15, 0.2) is 48.5 Å². The quantitative estimate of drug-likeness (QED) is 0.826. The number of ketones is 1. The lowest BCUT2D eigenvalue weighted by atomic mass is 10.0. The van der Waals surface area contributed by atoms with E-state index < -0.39 is 0 Å². The Morgan fingerprint density at radius 1 is 1.24 bits per heavy atom. The number of Topliss-reactive ketones (excluding diaryl/α,β-unsaturated/α-hetero) is 1. The zero-order chi connectivity index (χ0) is 14.7. The van der Waals surface area contributed by atoms with Crippen LogP contribution in [0.4, 0.5) is 5.69 Å². The average Bonchev–Trinajstić information content (AvgIpc) is 3.00. The van der Waals surface area contributed by atoms with Crippen LogP contribution in [-0.4, -0.2) is 18.9 Å². The highest BCUT2D eigenvalue weighted by molar-refractivity contribution is 5.98. The monoisotopic (exact) mass is 280 g/mol. The molecule has 3 heteroatoms. The maximum absolute atomic E-state index is 12.3. The third-order valence-electron chi connectivity index (χ3n) is 4.01. The van der Waals surface area contributed by atoms with E-state index >= 15 is 0 Å². The molecule has 0 bridgehead atoms. The molecule has 0 saturated heterocycles. The lowest BCUT2D eigenvalue weighted by molar-refractivity contribution is 0.0988. The van der Waals surface area contributed by atoms with Crippen LogP contribution < -0.4 is 10.6 Å². The van der Waals surface area contributed by atoms with E-state index in [1.165, 1.54) is 11.1 Å². The van der Waals surface area contributed by atoms with E-state index in [4.69, 9.17) is 0 Å². The van der Waals surface area contributed by atoms with E-state index in [1.54, 1.807) is 0 Å². The van der Waals surface area contributed by atoms with Crippen molar-refractivity contribution in [2.75, 3.05) is 18.4 Å². The van der Waals surface area contributed by atoms with E-state index in [0.29, 0.717) is 6.54 Å². The Balaban J connectivity index is 1.62. The smallest absolute Gasteiger partial charge is 0.176 e. The number of anilines is 1. The summed E-state index contributed by atoms with van der Waals surface area (Å²) in [5, 5.41) is 6.61. The fraction of sp³-hybridized carbons (Fsp3) is 0.278. The van der Waals surface area contributed by atoms with Gasteiger partial charge in [0.2, 0.25) is 0 Å². The number of hydrogen-bond donors (Lipinski definition) is 2. The lowest BCUT2D eigenvalue weighted by Gasteiger charge is -2.13. The number of carbonyl (C=O) groups is 1. The summed E-state index contributed by atoms with van der Waals surface area (Å²) in [5.41, 5.74) is 4.41. The van der Waals surface area contributed by atoms with Crippen molar-refractivity contribution < 1.29 is 4.79 Å². The third kappa shape index (κ3) is 3.14. The summed E-state index contributed by atoms with van der Waals surface area (Å²) in [6.45, 7) is 3.41. The summed E-state index contributed by atoms with van der Waals surface area (Å²) in [7, 11) is 0. The van der Waals surface area contributed by atoms with Crippen LogP contribution in [0.3, 0.4) is 0 Å². The topological polar surface area (TPSA) is 41.1 Å². The minimum absolute atomic E-state index is 0.146. The summed E-state index contributed by atoms with van der Waals surface area (Å²) >= 11 is 0. The van der Waals surface area contributed by atoms with Gasteiger partial charge in [-0.2, -0.15) is 0 Å². The zero-order valence-electron chi connectivity index (χ0n) is 12.2. The van der Waals surface area contributed by atoms with Crippen LogP contribution in [0, 0.1) is 0 Å². The molecule has 2 aromatic carbocycles. The van der Waals surface area contributed by atoms with Gasteiger partial charge in [0, 0.05) is 23.8 Å². The van der Waals surface area contributed by atoms with Crippen LogP contribution in [-0.2, 0) is 6.42 Å². The van der Waals surface area contributed by atoms with Gasteiger partial charge < -0.3 is 10.6 Å². The molecule has 1 aliphatic rings. The first kappa shape index (κ1) is 13.8. The van der Waals surface area contributed by atoms with Crippen molar-refractivity contribution in [3.05, 3.63) is 65.2 Å². The molecule has 0 aliphatic carbocycles. The van der Waals surface area contributed by atoms with Crippen molar-refractivity contribution in [2.45, 2.75) is 19.4 Å². The van der Waals surface area contributed by atoms with Gasteiger partial charge in [-0.05, 0) is 42.7 Å². The van der Waals surface area contributed by atoms with Gasteiger partial charge in [0.15, 0.2) is 5.78 Å². The van der Waals surface area contributed by atoms with E-state index in [2.05, 4.69) is 29.7 Å². The van der Waals surface area contributed by atoms with E-state index in [0.717, 1.165) is 24.2 Å². The number of rotatable bonds is 5. The standard InChI is InChI=1S/C18H20N2O/c1-13(14-5-3-2-4-6-14)20-12-18(21)16-7-8-17-15(11-16)9-10-19-17/h2-8,11,13,19-20H,9-10,12H2,1H3. The van der Waals surface area contributed by atoms with Crippen molar-refractivity contribution in [3.8, 4) is 0 Å². The molecule has 21 heavy (non-hydrogen) atoms. The van der Waals surface area contributed by atoms with Crippen LogP contribution in [0.5, 0.6) is 0 Å². The second-order valence-electron chi connectivity index (χ2n) is 5.49. The summed E-state index contributed by atoms with van der Waals surface area (Å²) in [5.74, 6) is 0.146. The average molecular weight is 280 g/mol. The van der Waals surface area contributed by atoms with Crippen molar-refractivity contribution in [2.24, 2.45) is 0 Å². The first-order valence-corrected chi connectivity index (χ1v) is 7.42. The van der Waals surface area contributed by atoms with Crippen molar-refractivity contribution in [1.29, 1.82) is 0 Å². The molecular formula is C18H20N2O. The first-order valence-electron chi connectivity index (χ1n) is 7.42. The lowest BCUT2D eigenvalue weighted by Crippen LogP contribution is -2.26. The molecule has 0 saturated carbocycles. The van der Waals surface area contributed by atoms with Gasteiger partial charge in [-0.1, -0.05) is 30.3 Å². The van der Waals surface area contributed by atoms with Gasteiger partial charge in [0.25, 0.3) is 0 Å². The molecule has 3 nitrogen and oxygen atoms in total. The zero-order valence-corrected chi connectivity index (χ0v) is 12.2. The number of carbonyl (C=O) groups excluding carboxylic acids is 1. The van der Waals surface area contributed by atoms with Gasteiger partial charge in [0.05, 0.1) is 6.54 Å². The largest absolute Gasteiger partial charge is 0.384 e. The minimum atomic E-state index is 0.146. The van der Waals surface area contributed by atoms with E-state index in [1.807, 2.05) is 36.4 Å². The van der Waals surface area contributed by atoms with E-state index in [9.17, 15) is 4.79 Å². The number of benzene rings is 2. The fourth-order valence-electron chi connectivity index (χ4n) is 2.69. The Bertz CT molecular complexity index is 637. The van der Waals surface area contributed by atoms with E-state index in [-0.39, 0.29) is 11.8 Å². The van der Waals surface area contributed by atoms with Gasteiger partial charge in [0.1, 0.15) is 0 Å². The molecular weight excluding hydrogens is 260 g/mol. The molecule has 2 aromatic rings. The number of nitrogens with one attached hydrogen (secondary N) is 2. The van der Waals surface area contributed by atoms with Crippen molar-refractivity contribution in [1.82, 2.24) is 5.32 Å². The molecule has 0 spiro atoms. The Hall–Kier alpha value is -2.13. The molecule has 0 radical (unpaired) electrons. The van der Waals surface area contributed by atoms with Crippen LogP contribution in [0.2, 0.25) is 0 Å². The summed E-state index contributed by atoms with van der Waals surface area (Å²) in [4.78, 5) is 12.3. The normalized spacial score (nSPS) is 14.3. The summed E-state index contributed by atoms with van der Waals surface area (Å²) < 4.78 is 0. The van der Waals surface area contributed by atoms with Crippen LogP contribution in [0.25, 0.3) is 0 Å². The molecule has 0 aromatic heterocycles. The van der Waals surface area contributed by atoms with Gasteiger partial charge in [-0.25, -0.2) is 0 Å². The second-order valence-corrected chi connectivity index (χ2v) is 5.49. The molecule has 0 amide bonds. The Morgan fingerprint density at radius 2 is 2.05 bits per heavy atom. The summed E-state index contributed by atoms with van der Waals surface area (Å²) in [6.07, 6.45) is 1.00. The Labute approximate surface area is 125 Å². The third-order valence-corrected chi connectivity index (χ3v) is 4.01. The predicted molar refractivity (Wildman–Crippen MR) is 85.8 cm³/mol. The second kappa shape index (κ2) is 6.10. The fourth-order valence-corrected chi connectivity index (χ4v) is 2.69. The highest BCUT2D eigenvalue weighted by Gasteiger charge is 2.14. The molecule has 1 unspecified atom stereocenters. The molecule has 108 valence electrons. The minimum Gasteiger partial charge on any atom is -0.384 e. The molecule has 3 rings (SSSR count). The molecule has 1 heterocycles. The summed E-state index contributed by atoms with van der Waals surface area (Å²) in [6, 6.07) is 16.3. The van der Waals surface area contributed by atoms with Gasteiger partial charge >= 0.3 is 0 Å². The SMILES string of the molecule is CC(NCC(=O)c1ccc2c(c1)CCN2)c1ccccc1. The maximum Gasteiger partial charge on any atom is 0.176 e.